The standard InChI is InChI=1S/C11H12Cl2N2OS/c12-7-3-8(13)5-9(4-7)15-11(16)10-6-17-2-1-14-10/h3-5,10,14H,1-2,6H2,(H,15,16). The first kappa shape index (κ1) is 13.0. The van der Waals surface area contributed by atoms with E-state index >= 15 is 0 Å². The Morgan fingerprint density at radius 1 is 1.35 bits per heavy atom. The summed E-state index contributed by atoms with van der Waals surface area (Å²) in [5, 5.41) is 7.00. The summed E-state index contributed by atoms with van der Waals surface area (Å²) < 4.78 is 0. The van der Waals surface area contributed by atoms with E-state index in [1.165, 1.54) is 0 Å². The Balaban J connectivity index is 2.01. The molecular formula is C11H12Cl2N2OS. The summed E-state index contributed by atoms with van der Waals surface area (Å²) in [7, 11) is 0. The quantitative estimate of drug-likeness (QED) is 0.880. The summed E-state index contributed by atoms with van der Waals surface area (Å²) in [5.41, 5.74) is 0.630. The van der Waals surface area contributed by atoms with Crippen LogP contribution in [0.25, 0.3) is 0 Å². The molecule has 1 aromatic carbocycles. The van der Waals surface area contributed by atoms with Crippen molar-refractivity contribution < 1.29 is 4.79 Å². The van der Waals surface area contributed by atoms with E-state index in [0.29, 0.717) is 15.7 Å². The molecule has 1 unspecified atom stereocenters. The highest BCUT2D eigenvalue weighted by Crippen LogP contribution is 2.22. The Bertz CT molecular complexity index is 402. The van der Waals surface area contributed by atoms with Crippen LogP contribution in [0.1, 0.15) is 0 Å². The first-order chi connectivity index (χ1) is 8.15. The number of halogens is 2. The minimum atomic E-state index is -0.147. The summed E-state index contributed by atoms with van der Waals surface area (Å²) in [5.74, 6) is 1.79. The van der Waals surface area contributed by atoms with Crippen molar-refractivity contribution in [2.75, 3.05) is 23.4 Å². The average molecular weight is 291 g/mol. The SMILES string of the molecule is O=C(Nc1cc(Cl)cc(Cl)c1)C1CSCCN1. The first-order valence-corrected chi connectivity index (χ1v) is 7.14. The van der Waals surface area contributed by atoms with Crippen LogP contribution in [0, 0.1) is 0 Å². The molecule has 0 spiro atoms. The summed E-state index contributed by atoms with van der Waals surface area (Å²) in [6, 6.07) is 4.85. The summed E-state index contributed by atoms with van der Waals surface area (Å²) in [6.45, 7) is 0.860. The number of hydrogen-bond donors (Lipinski definition) is 2. The molecule has 1 saturated heterocycles. The molecule has 0 bridgehead atoms. The summed E-state index contributed by atoms with van der Waals surface area (Å²) in [4.78, 5) is 11.9. The minimum absolute atomic E-state index is 0.0458. The topological polar surface area (TPSA) is 41.1 Å². The second-order valence-corrected chi connectivity index (χ2v) is 5.75. The summed E-state index contributed by atoms with van der Waals surface area (Å²) in [6.07, 6.45) is 0. The number of carbonyl (C=O) groups excluding carboxylic acids is 1. The number of carbonyl (C=O) groups is 1. The number of nitrogens with one attached hydrogen (secondary N) is 2. The fourth-order valence-corrected chi connectivity index (χ4v) is 3.05. The van der Waals surface area contributed by atoms with Crippen LogP contribution >= 0.6 is 35.0 Å². The van der Waals surface area contributed by atoms with Gasteiger partial charge in [0.1, 0.15) is 0 Å². The molecule has 3 nitrogen and oxygen atoms in total. The number of rotatable bonds is 2. The number of amides is 1. The van der Waals surface area contributed by atoms with Crippen molar-refractivity contribution in [1.29, 1.82) is 0 Å². The second kappa shape index (κ2) is 5.96. The third-order valence-corrected chi connectivity index (χ3v) is 3.87. The van der Waals surface area contributed by atoms with Crippen molar-refractivity contribution in [2.45, 2.75) is 6.04 Å². The van der Waals surface area contributed by atoms with Crippen LogP contribution in [0.4, 0.5) is 5.69 Å². The van der Waals surface area contributed by atoms with Gasteiger partial charge in [0.05, 0.1) is 6.04 Å². The van der Waals surface area contributed by atoms with E-state index in [4.69, 9.17) is 23.2 Å². The van der Waals surface area contributed by atoms with Gasteiger partial charge < -0.3 is 10.6 Å². The zero-order valence-electron chi connectivity index (χ0n) is 9.00. The lowest BCUT2D eigenvalue weighted by molar-refractivity contribution is -0.117. The Kier molecular flexibility index (Phi) is 4.56. The average Bonchev–Trinajstić information content (AvgIpc) is 2.28. The number of benzene rings is 1. The van der Waals surface area contributed by atoms with Crippen LogP contribution in [0.2, 0.25) is 10.0 Å². The lowest BCUT2D eigenvalue weighted by Gasteiger charge is -2.22. The zero-order chi connectivity index (χ0) is 12.3. The number of thioether (sulfide) groups is 1. The second-order valence-electron chi connectivity index (χ2n) is 3.73. The van der Waals surface area contributed by atoms with Gasteiger partial charge in [-0.25, -0.2) is 0 Å². The van der Waals surface area contributed by atoms with E-state index in [1.807, 2.05) is 0 Å². The van der Waals surface area contributed by atoms with Gasteiger partial charge in [0.25, 0.3) is 0 Å². The normalized spacial score (nSPS) is 20.0. The van der Waals surface area contributed by atoms with Crippen molar-refractivity contribution in [3.05, 3.63) is 28.2 Å². The van der Waals surface area contributed by atoms with Crippen LogP contribution in [0.3, 0.4) is 0 Å². The fraction of sp³-hybridized carbons (Fsp3) is 0.364. The molecule has 1 amide bonds. The van der Waals surface area contributed by atoms with E-state index in [-0.39, 0.29) is 11.9 Å². The zero-order valence-corrected chi connectivity index (χ0v) is 11.3. The molecule has 1 atom stereocenters. The third-order valence-electron chi connectivity index (χ3n) is 2.37. The molecule has 17 heavy (non-hydrogen) atoms. The summed E-state index contributed by atoms with van der Waals surface area (Å²) >= 11 is 13.5. The first-order valence-electron chi connectivity index (χ1n) is 5.23. The van der Waals surface area contributed by atoms with Gasteiger partial charge in [0, 0.05) is 33.8 Å². The minimum Gasteiger partial charge on any atom is -0.325 e. The molecule has 1 aromatic rings. The van der Waals surface area contributed by atoms with Gasteiger partial charge in [-0.15, -0.1) is 0 Å². The predicted octanol–water partition coefficient (Wildman–Crippen LogP) is 2.64. The van der Waals surface area contributed by atoms with Crippen LogP contribution in [0.5, 0.6) is 0 Å². The van der Waals surface area contributed by atoms with E-state index in [0.717, 1.165) is 18.1 Å². The number of anilines is 1. The van der Waals surface area contributed by atoms with Crippen molar-refractivity contribution in [3.63, 3.8) is 0 Å². The lowest BCUT2D eigenvalue weighted by Crippen LogP contribution is -2.46. The van der Waals surface area contributed by atoms with E-state index in [1.54, 1.807) is 30.0 Å². The van der Waals surface area contributed by atoms with Crippen LogP contribution in [-0.4, -0.2) is 30.0 Å². The van der Waals surface area contributed by atoms with E-state index in [2.05, 4.69) is 10.6 Å². The fourth-order valence-electron chi connectivity index (χ4n) is 1.59. The van der Waals surface area contributed by atoms with Gasteiger partial charge in [0.2, 0.25) is 5.91 Å². The molecule has 0 aromatic heterocycles. The molecule has 1 aliphatic heterocycles. The van der Waals surface area contributed by atoms with Crippen molar-refractivity contribution in [1.82, 2.24) is 5.32 Å². The maximum absolute atomic E-state index is 11.9. The van der Waals surface area contributed by atoms with Gasteiger partial charge >= 0.3 is 0 Å². The third kappa shape index (κ3) is 3.78. The van der Waals surface area contributed by atoms with E-state index < -0.39 is 0 Å². The van der Waals surface area contributed by atoms with Gasteiger partial charge in [-0.05, 0) is 18.2 Å². The Morgan fingerprint density at radius 2 is 2.06 bits per heavy atom. The largest absolute Gasteiger partial charge is 0.325 e. The number of hydrogen-bond acceptors (Lipinski definition) is 3. The van der Waals surface area contributed by atoms with Crippen molar-refractivity contribution >= 4 is 46.6 Å². The van der Waals surface area contributed by atoms with Gasteiger partial charge in [-0.1, -0.05) is 23.2 Å². The van der Waals surface area contributed by atoms with Gasteiger partial charge in [-0.2, -0.15) is 11.8 Å². The molecule has 1 heterocycles. The Labute approximate surface area is 114 Å². The van der Waals surface area contributed by atoms with Crippen molar-refractivity contribution in [3.8, 4) is 0 Å². The highest BCUT2D eigenvalue weighted by Gasteiger charge is 2.20. The monoisotopic (exact) mass is 290 g/mol. The smallest absolute Gasteiger partial charge is 0.242 e. The highest BCUT2D eigenvalue weighted by molar-refractivity contribution is 7.99. The van der Waals surface area contributed by atoms with Gasteiger partial charge in [-0.3, -0.25) is 4.79 Å². The molecule has 0 saturated carbocycles. The van der Waals surface area contributed by atoms with Crippen LogP contribution in [0.15, 0.2) is 18.2 Å². The maximum Gasteiger partial charge on any atom is 0.242 e. The maximum atomic E-state index is 11.9. The van der Waals surface area contributed by atoms with Crippen LogP contribution < -0.4 is 10.6 Å². The molecule has 0 radical (unpaired) electrons. The van der Waals surface area contributed by atoms with Crippen LogP contribution in [-0.2, 0) is 4.79 Å². The predicted molar refractivity (Wildman–Crippen MR) is 74.2 cm³/mol. The molecule has 1 fully saturated rings. The van der Waals surface area contributed by atoms with Crippen molar-refractivity contribution in [2.24, 2.45) is 0 Å². The van der Waals surface area contributed by atoms with E-state index in [9.17, 15) is 4.79 Å². The molecule has 6 heteroatoms. The molecular weight excluding hydrogens is 279 g/mol. The molecule has 1 aliphatic rings. The molecule has 92 valence electrons. The molecule has 0 aliphatic carbocycles. The molecule has 2 N–H and O–H groups in total. The van der Waals surface area contributed by atoms with Gasteiger partial charge in [0.15, 0.2) is 0 Å². The highest BCUT2D eigenvalue weighted by atomic mass is 35.5. The lowest BCUT2D eigenvalue weighted by atomic mass is 10.2. The Morgan fingerprint density at radius 3 is 2.65 bits per heavy atom. The Hall–Kier alpha value is -0.420. The molecule has 2 rings (SSSR count).